The molecule has 0 saturated carbocycles. The van der Waals surface area contributed by atoms with Crippen LogP contribution in [0, 0.1) is 0 Å². The number of nitrogens with zero attached hydrogens (tertiary/aromatic N) is 2. The second-order valence-electron chi connectivity index (χ2n) is 6.99. The number of rotatable bonds is 7. The van der Waals surface area contributed by atoms with Crippen molar-refractivity contribution >= 4 is 34.7 Å². The van der Waals surface area contributed by atoms with Gasteiger partial charge in [-0.2, -0.15) is 0 Å². The number of thiazole rings is 1. The van der Waals surface area contributed by atoms with Gasteiger partial charge in [-0.1, -0.05) is 42.2 Å². The molecule has 1 aliphatic heterocycles. The molecule has 0 fully saturated rings. The summed E-state index contributed by atoms with van der Waals surface area (Å²) in [6, 6.07) is 10.8. The summed E-state index contributed by atoms with van der Waals surface area (Å²) in [7, 11) is 0. The van der Waals surface area contributed by atoms with E-state index in [0.29, 0.717) is 27.2 Å². The predicted octanol–water partition coefficient (Wildman–Crippen LogP) is 3.42. The van der Waals surface area contributed by atoms with Gasteiger partial charge in [-0.15, -0.1) is 11.3 Å². The second-order valence-corrected chi connectivity index (χ2v) is 8.97. The van der Waals surface area contributed by atoms with Crippen LogP contribution in [0.25, 0.3) is 6.08 Å². The van der Waals surface area contributed by atoms with Gasteiger partial charge in [0.05, 0.1) is 22.4 Å². The maximum absolute atomic E-state index is 13.4. The number of carbonyl (C=O) groups is 1. The van der Waals surface area contributed by atoms with Crippen LogP contribution in [0.4, 0.5) is 0 Å². The first kappa shape index (κ1) is 22.0. The van der Waals surface area contributed by atoms with E-state index < -0.39 is 12.0 Å². The van der Waals surface area contributed by atoms with E-state index in [1.807, 2.05) is 47.9 Å². The molecule has 1 atom stereocenters. The highest BCUT2D eigenvalue weighted by Gasteiger charge is 2.33. The molecule has 2 aromatic heterocycles. The summed E-state index contributed by atoms with van der Waals surface area (Å²) < 4.78 is 12.9. The molecule has 1 aliphatic rings. The van der Waals surface area contributed by atoms with Crippen LogP contribution in [0.3, 0.4) is 0 Å². The minimum Gasteiger partial charge on any atom is -0.490 e. The zero-order chi connectivity index (χ0) is 22.7. The first-order valence-electron chi connectivity index (χ1n) is 10.1. The van der Waals surface area contributed by atoms with Crippen molar-refractivity contribution in [1.82, 2.24) is 4.57 Å². The Balaban J connectivity index is 1.81. The maximum atomic E-state index is 13.4. The number of allylic oxidation sites excluding steroid dienone is 1. The number of thiophene rings is 1. The average Bonchev–Trinajstić information content (AvgIpc) is 3.41. The van der Waals surface area contributed by atoms with Crippen molar-refractivity contribution < 1.29 is 14.3 Å². The molecule has 6 nitrogen and oxygen atoms in total. The smallest absolute Gasteiger partial charge is 0.338 e. The Labute approximate surface area is 193 Å². The van der Waals surface area contributed by atoms with E-state index in [2.05, 4.69) is 11.6 Å². The molecule has 0 spiro atoms. The van der Waals surface area contributed by atoms with Crippen LogP contribution >= 0.6 is 22.7 Å². The molecule has 0 bridgehead atoms. The topological polar surface area (TPSA) is 69.9 Å². The normalized spacial score (nSPS) is 15.8. The van der Waals surface area contributed by atoms with Crippen molar-refractivity contribution in [2.45, 2.75) is 19.9 Å². The Morgan fingerprint density at radius 2 is 2.06 bits per heavy atom. The zero-order valence-electron chi connectivity index (χ0n) is 17.7. The lowest BCUT2D eigenvalue weighted by Gasteiger charge is -2.23. The monoisotopic (exact) mass is 466 g/mol. The Morgan fingerprint density at radius 1 is 1.28 bits per heavy atom. The number of hydrogen-bond donors (Lipinski definition) is 0. The van der Waals surface area contributed by atoms with Crippen molar-refractivity contribution in [3.05, 3.63) is 95.8 Å². The highest BCUT2D eigenvalue weighted by Crippen LogP contribution is 2.33. The van der Waals surface area contributed by atoms with Gasteiger partial charge >= 0.3 is 5.97 Å². The summed E-state index contributed by atoms with van der Waals surface area (Å²) in [5.41, 5.74) is 1.65. The number of aromatic nitrogens is 1. The first-order chi connectivity index (χ1) is 15.5. The van der Waals surface area contributed by atoms with Crippen molar-refractivity contribution in [3.8, 4) is 5.75 Å². The summed E-state index contributed by atoms with van der Waals surface area (Å²) >= 11 is 2.80. The van der Waals surface area contributed by atoms with Crippen molar-refractivity contribution in [1.29, 1.82) is 0 Å². The lowest BCUT2D eigenvalue weighted by atomic mass is 10.0. The average molecular weight is 467 g/mol. The third-order valence-electron chi connectivity index (χ3n) is 4.88. The molecule has 1 aromatic carbocycles. The Morgan fingerprint density at radius 3 is 2.72 bits per heavy atom. The summed E-state index contributed by atoms with van der Waals surface area (Å²) in [4.78, 5) is 32.2. The molecule has 3 aromatic rings. The van der Waals surface area contributed by atoms with E-state index in [9.17, 15) is 9.59 Å². The summed E-state index contributed by atoms with van der Waals surface area (Å²) in [6.45, 7) is 7.87. The Hall–Kier alpha value is -3.23. The fourth-order valence-electron chi connectivity index (χ4n) is 3.47. The van der Waals surface area contributed by atoms with Crippen LogP contribution < -0.4 is 19.6 Å². The molecule has 4 rings (SSSR count). The summed E-state index contributed by atoms with van der Waals surface area (Å²) in [5, 5.41) is 1.93. The highest BCUT2D eigenvalue weighted by molar-refractivity contribution is 7.10. The maximum Gasteiger partial charge on any atom is 0.338 e. The number of ether oxygens (including phenoxy) is 2. The van der Waals surface area contributed by atoms with E-state index in [1.54, 1.807) is 24.5 Å². The quantitative estimate of drug-likeness (QED) is 0.395. The molecule has 0 N–H and O–H groups in total. The first-order valence-corrected chi connectivity index (χ1v) is 11.8. The van der Waals surface area contributed by atoms with Gasteiger partial charge in [0.2, 0.25) is 0 Å². The Kier molecular flexibility index (Phi) is 6.53. The van der Waals surface area contributed by atoms with Gasteiger partial charge in [0.25, 0.3) is 5.56 Å². The fraction of sp³-hybridized carbons (Fsp3) is 0.208. The van der Waals surface area contributed by atoms with Gasteiger partial charge in [0.1, 0.15) is 18.4 Å². The molecule has 0 amide bonds. The van der Waals surface area contributed by atoms with Crippen LogP contribution in [0.1, 0.15) is 30.3 Å². The minimum absolute atomic E-state index is 0.187. The molecule has 0 radical (unpaired) electrons. The second kappa shape index (κ2) is 9.50. The van der Waals surface area contributed by atoms with Gasteiger partial charge < -0.3 is 9.47 Å². The fourth-order valence-corrected chi connectivity index (χ4v) is 5.34. The summed E-state index contributed by atoms with van der Waals surface area (Å²) in [5.74, 6) is 0.285. The van der Waals surface area contributed by atoms with Gasteiger partial charge in [-0.05, 0) is 49.1 Å². The molecule has 0 saturated heterocycles. The molecule has 164 valence electrons. The largest absolute Gasteiger partial charge is 0.490 e. The third-order valence-corrected chi connectivity index (χ3v) is 6.78. The van der Waals surface area contributed by atoms with Crippen LogP contribution in [0.15, 0.2) is 75.5 Å². The van der Waals surface area contributed by atoms with E-state index in [1.165, 1.54) is 22.7 Å². The number of esters is 1. The van der Waals surface area contributed by atoms with Crippen molar-refractivity contribution in [2.75, 3.05) is 13.2 Å². The minimum atomic E-state index is -0.554. The van der Waals surface area contributed by atoms with Crippen LogP contribution in [0.2, 0.25) is 0 Å². The van der Waals surface area contributed by atoms with Gasteiger partial charge in [0.15, 0.2) is 4.80 Å². The standard InChI is InChI=1S/C24H22N2O4S2/c1-4-12-30-17-10-8-16(9-11-17)14-19-22(27)26-21(18-7-6-13-31-18)20(23(28)29-5-2)15(3)25-24(26)32-19/h4,6-11,13-14,21H,1,5,12H2,2-3H3/b19-14-/t21-/m0/s1. The van der Waals surface area contributed by atoms with Crippen LogP contribution in [-0.2, 0) is 9.53 Å². The number of carbonyl (C=O) groups excluding carboxylic acids is 1. The van der Waals surface area contributed by atoms with Gasteiger partial charge in [-0.3, -0.25) is 9.36 Å². The number of hydrogen-bond acceptors (Lipinski definition) is 7. The summed E-state index contributed by atoms with van der Waals surface area (Å²) in [6.07, 6.45) is 3.52. The van der Waals surface area contributed by atoms with Crippen LogP contribution in [0.5, 0.6) is 5.75 Å². The van der Waals surface area contributed by atoms with Crippen LogP contribution in [-0.4, -0.2) is 23.8 Å². The van der Waals surface area contributed by atoms with Gasteiger partial charge in [0, 0.05) is 4.88 Å². The van der Waals surface area contributed by atoms with Gasteiger partial charge in [-0.25, -0.2) is 9.79 Å². The lowest BCUT2D eigenvalue weighted by molar-refractivity contribution is -0.139. The Bertz CT molecular complexity index is 1350. The predicted molar refractivity (Wildman–Crippen MR) is 127 cm³/mol. The number of benzene rings is 1. The molecular formula is C24H22N2O4S2. The molecule has 8 heteroatoms. The van der Waals surface area contributed by atoms with E-state index >= 15 is 0 Å². The molecular weight excluding hydrogens is 444 g/mol. The molecule has 3 heterocycles. The van der Waals surface area contributed by atoms with E-state index in [4.69, 9.17) is 9.47 Å². The lowest BCUT2D eigenvalue weighted by Crippen LogP contribution is -2.39. The zero-order valence-corrected chi connectivity index (χ0v) is 19.4. The highest BCUT2D eigenvalue weighted by atomic mass is 32.1. The SMILES string of the molecule is C=CCOc1ccc(/C=c2\sc3n(c2=O)[C@@H](c2cccs2)C(C(=O)OCC)=C(C)N=3)cc1. The third kappa shape index (κ3) is 4.24. The van der Waals surface area contributed by atoms with E-state index in [-0.39, 0.29) is 12.2 Å². The van der Waals surface area contributed by atoms with Crippen molar-refractivity contribution in [3.63, 3.8) is 0 Å². The molecule has 32 heavy (non-hydrogen) atoms. The molecule has 0 aliphatic carbocycles. The van der Waals surface area contributed by atoms with Crippen molar-refractivity contribution in [2.24, 2.45) is 4.99 Å². The van der Waals surface area contributed by atoms with E-state index in [0.717, 1.165) is 16.2 Å². The molecule has 0 unspecified atom stereocenters. The number of fused-ring (bicyclic) bond motifs is 1.